The molecular formula is C6H11NO6. The molecule has 13 heavy (non-hydrogen) atoms. The Kier molecular flexibility index (Phi) is 2.55. The lowest BCUT2D eigenvalue weighted by Crippen LogP contribution is -2.72. The largest absolute Gasteiger partial charge is 0.391 e. The first-order valence-electron chi connectivity index (χ1n) is 3.62. The van der Waals surface area contributed by atoms with E-state index in [2.05, 4.69) is 0 Å². The number of aliphatic hydroxyl groups is 5. The van der Waals surface area contributed by atoms with Crippen LogP contribution in [-0.2, 0) is 4.79 Å². The standard InChI is InChI=1S/C6H11NO6/c8-1-6(13)4(11)2(9)3(10)5(12)7-6/h2-4,8-11,13H,1H2,(H,7,12)/t2-,3-,4+,6-/m1/s1. The molecule has 1 aliphatic heterocycles. The second-order valence-corrected chi connectivity index (χ2v) is 2.95. The SMILES string of the molecule is O=C1N[C@@](O)(CO)[C@@H](O)[C@H](O)[C@H]1O. The molecule has 0 bridgehead atoms. The summed E-state index contributed by atoms with van der Waals surface area (Å²) in [6, 6.07) is 0. The summed E-state index contributed by atoms with van der Waals surface area (Å²) >= 11 is 0. The second kappa shape index (κ2) is 3.20. The Labute approximate surface area is 73.2 Å². The first-order valence-corrected chi connectivity index (χ1v) is 3.62. The number of carbonyl (C=O) groups excluding carboxylic acids is 1. The van der Waals surface area contributed by atoms with Crippen LogP contribution in [0, 0.1) is 0 Å². The van der Waals surface area contributed by atoms with Gasteiger partial charge >= 0.3 is 0 Å². The average molecular weight is 193 g/mol. The molecule has 0 spiro atoms. The van der Waals surface area contributed by atoms with Crippen LogP contribution in [0.25, 0.3) is 0 Å². The monoisotopic (exact) mass is 193 g/mol. The molecule has 1 heterocycles. The van der Waals surface area contributed by atoms with Gasteiger partial charge in [-0.1, -0.05) is 0 Å². The highest BCUT2D eigenvalue weighted by molar-refractivity contribution is 5.83. The average Bonchev–Trinajstić information content (AvgIpc) is 2.12. The van der Waals surface area contributed by atoms with Gasteiger partial charge in [-0.05, 0) is 0 Å². The van der Waals surface area contributed by atoms with Gasteiger partial charge in [0.1, 0.15) is 12.2 Å². The Morgan fingerprint density at radius 3 is 2.38 bits per heavy atom. The first-order chi connectivity index (χ1) is 5.92. The number of aliphatic hydroxyl groups excluding tert-OH is 4. The lowest BCUT2D eigenvalue weighted by molar-refractivity contribution is -0.210. The molecule has 76 valence electrons. The number of hydrogen-bond donors (Lipinski definition) is 6. The third kappa shape index (κ3) is 1.52. The van der Waals surface area contributed by atoms with E-state index in [1.807, 2.05) is 0 Å². The molecule has 0 saturated carbocycles. The zero-order valence-corrected chi connectivity index (χ0v) is 6.58. The molecule has 0 aromatic heterocycles. The molecular weight excluding hydrogens is 182 g/mol. The Bertz CT molecular complexity index is 221. The van der Waals surface area contributed by atoms with E-state index in [0.29, 0.717) is 0 Å². The van der Waals surface area contributed by atoms with Crippen LogP contribution in [-0.4, -0.2) is 62.1 Å². The van der Waals surface area contributed by atoms with E-state index in [0.717, 1.165) is 0 Å². The van der Waals surface area contributed by atoms with Crippen molar-refractivity contribution in [1.82, 2.24) is 5.32 Å². The van der Waals surface area contributed by atoms with Crippen LogP contribution in [0.4, 0.5) is 0 Å². The van der Waals surface area contributed by atoms with Gasteiger partial charge in [0.2, 0.25) is 0 Å². The molecule has 1 fully saturated rings. The molecule has 0 aromatic carbocycles. The molecule has 1 amide bonds. The molecule has 4 atom stereocenters. The summed E-state index contributed by atoms with van der Waals surface area (Å²) in [6.07, 6.45) is -5.45. The van der Waals surface area contributed by atoms with Gasteiger partial charge in [0.15, 0.2) is 11.8 Å². The normalized spacial score (nSPS) is 45.9. The minimum Gasteiger partial charge on any atom is -0.391 e. The number of amides is 1. The Balaban J connectivity index is 2.88. The van der Waals surface area contributed by atoms with E-state index in [1.165, 1.54) is 0 Å². The summed E-state index contributed by atoms with van der Waals surface area (Å²) in [4.78, 5) is 10.8. The van der Waals surface area contributed by atoms with Gasteiger partial charge in [-0.25, -0.2) is 0 Å². The molecule has 7 heteroatoms. The fraction of sp³-hybridized carbons (Fsp3) is 0.833. The molecule has 1 rings (SSSR count). The van der Waals surface area contributed by atoms with Gasteiger partial charge < -0.3 is 30.8 Å². The van der Waals surface area contributed by atoms with Crippen molar-refractivity contribution >= 4 is 5.91 Å². The van der Waals surface area contributed by atoms with Crippen molar-refractivity contribution in [3.8, 4) is 0 Å². The summed E-state index contributed by atoms with van der Waals surface area (Å²) in [7, 11) is 0. The van der Waals surface area contributed by atoms with Crippen molar-refractivity contribution in [3.05, 3.63) is 0 Å². The van der Waals surface area contributed by atoms with E-state index in [9.17, 15) is 9.90 Å². The van der Waals surface area contributed by atoms with E-state index < -0.39 is 36.6 Å². The van der Waals surface area contributed by atoms with Crippen molar-refractivity contribution in [2.75, 3.05) is 6.61 Å². The maximum absolute atomic E-state index is 10.8. The van der Waals surface area contributed by atoms with Crippen molar-refractivity contribution in [2.24, 2.45) is 0 Å². The van der Waals surface area contributed by atoms with E-state index in [-0.39, 0.29) is 0 Å². The third-order valence-electron chi connectivity index (χ3n) is 1.99. The molecule has 0 radical (unpaired) electrons. The van der Waals surface area contributed by atoms with Gasteiger partial charge in [0.25, 0.3) is 5.91 Å². The second-order valence-electron chi connectivity index (χ2n) is 2.95. The lowest BCUT2D eigenvalue weighted by Gasteiger charge is -2.40. The number of carbonyl (C=O) groups is 1. The van der Waals surface area contributed by atoms with Crippen LogP contribution in [0.3, 0.4) is 0 Å². The maximum atomic E-state index is 10.8. The minimum atomic E-state index is -2.30. The number of hydrogen-bond acceptors (Lipinski definition) is 6. The van der Waals surface area contributed by atoms with Gasteiger partial charge in [-0.3, -0.25) is 4.79 Å². The Hall–Kier alpha value is -0.730. The van der Waals surface area contributed by atoms with Crippen molar-refractivity contribution in [3.63, 3.8) is 0 Å². The van der Waals surface area contributed by atoms with Crippen LogP contribution in [0.2, 0.25) is 0 Å². The minimum absolute atomic E-state index is 0.955. The molecule has 7 nitrogen and oxygen atoms in total. The summed E-state index contributed by atoms with van der Waals surface area (Å²) in [5.41, 5.74) is -2.30. The predicted octanol–water partition coefficient (Wildman–Crippen LogP) is -4.12. The summed E-state index contributed by atoms with van der Waals surface area (Å²) < 4.78 is 0. The molecule has 0 unspecified atom stereocenters. The fourth-order valence-corrected chi connectivity index (χ4v) is 1.10. The topological polar surface area (TPSA) is 130 Å². The molecule has 0 aliphatic carbocycles. The molecule has 0 aromatic rings. The maximum Gasteiger partial charge on any atom is 0.253 e. The van der Waals surface area contributed by atoms with Gasteiger partial charge in [0, 0.05) is 0 Å². The van der Waals surface area contributed by atoms with Crippen LogP contribution in [0.15, 0.2) is 0 Å². The number of piperidine rings is 1. The van der Waals surface area contributed by atoms with E-state index in [1.54, 1.807) is 5.32 Å². The summed E-state index contributed by atoms with van der Waals surface area (Å²) in [5.74, 6) is -1.05. The molecule has 1 aliphatic rings. The smallest absolute Gasteiger partial charge is 0.253 e. The quantitative estimate of drug-likeness (QED) is 0.251. The highest BCUT2D eigenvalue weighted by Crippen LogP contribution is 2.18. The number of nitrogens with one attached hydrogen (secondary N) is 1. The van der Waals surface area contributed by atoms with Gasteiger partial charge in [-0.2, -0.15) is 0 Å². The Morgan fingerprint density at radius 1 is 1.38 bits per heavy atom. The van der Waals surface area contributed by atoms with Crippen LogP contribution in [0.5, 0.6) is 0 Å². The van der Waals surface area contributed by atoms with E-state index in [4.69, 9.17) is 20.4 Å². The zero-order valence-electron chi connectivity index (χ0n) is 6.58. The van der Waals surface area contributed by atoms with Crippen LogP contribution < -0.4 is 5.32 Å². The van der Waals surface area contributed by atoms with Gasteiger partial charge in [0.05, 0.1) is 6.61 Å². The van der Waals surface area contributed by atoms with Crippen molar-refractivity contribution < 1.29 is 30.3 Å². The number of rotatable bonds is 1. The fourth-order valence-electron chi connectivity index (χ4n) is 1.10. The van der Waals surface area contributed by atoms with Crippen molar-refractivity contribution in [2.45, 2.75) is 24.0 Å². The van der Waals surface area contributed by atoms with Gasteiger partial charge in [-0.15, -0.1) is 0 Å². The highest BCUT2D eigenvalue weighted by Gasteiger charge is 2.50. The third-order valence-corrected chi connectivity index (χ3v) is 1.99. The van der Waals surface area contributed by atoms with Crippen LogP contribution >= 0.6 is 0 Å². The summed E-state index contributed by atoms with van der Waals surface area (Å²) in [6.45, 7) is -0.955. The zero-order chi connectivity index (χ0) is 10.2. The Morgan fingerprint density at radius 2 is 1.92 bits per heavy atom. The van der Waals surface area contributed by atoms with Crippen molar-refractivity contribution in [1.29, 1.82) is 0 Å². The predicted molar refractivity (Wildman–Crippen MR) is 38.2 cm³/mol. The molecule has 6 N–H and O–H groups in total. The lowest BCUT2D eigenvalue weighted by atomic mass is 9.93. The summed E-state index contributed by atoms with van der Waals surface area (Å²) in [5, 5.41) is 46.8. The highest BCUT2D eigenvalue weighted by atomic mass is 16.4. The van der Waals surface area contributed by atoms with Crippen LogP contribution in [0.1, 0.15) is 0 Å². The van der Waals surface area contributed by atoms with E-state index >= 15 is 0 Å². The molecule has 1 saturated heterocycles. The first kappa shape index (κ1) is 10.4.